The maximum absolute atomic E-state index is 6.03. The Hall–Kier alpha value is -1.81. The second-order valence-electron chi connectivity index (χ2n) is 4.84. The van der Waals surface area contributed by atoms with Crippen molar-refractivity contribution in [3.63, 3.8) is 0 Å². The van der Waals surface area contributed by atoms with Crippen LogP contribution < -0.4 is 11.3 Å². The van der Waals surface area contributed by atoms with E-state index in [9.17, 15) is 0 Å². The normalized spacial score (nSPS) is 12.8. The fraction of sp³-hybridized carbons (Fsp3) is 0.125. The number of fused-ring (bicyclic) bond motifs is 1. The minimum absolute atomic E-state index is 0.221. The van der Waals surface area contributed by atoms with E-state index in [1.165, 1.54) is 5.56 Å². The Kier molecular flexibility index (Phi) is 3.49. The SMILES string of the molecule is Cc1ccc2oc(C(NN)c3cccc(Cl)c3)cc2c1. The summed E-state index contributed by atoms with van der Waals surface area (Å²) < 4.78 is 5.88. The van der Waals surface area contributed by atoms with Crippen LogP contribution in [0.4, 0.5) is 0 Å². The molecule has 0 aliphatic rings. The maximum atomic E-state index is 6.03. The molecular weight excluding hydrogens is 272 g/mol. The summed E-state index contributed by atoms with van der Waals surface area (Å²) in [7, 11) is 0. The summed E-state index contributed by atoms with van der Waals surface area (Å²) in [5.74, 6) is 6.46. The van der Waals surface area contributed by atoms with Crippen molar-refractivity contribution in [1.82, 2.24) is 5.43 Å². The number of nitrogens with two attached hydrogens (primary N) is 1. The second-order valence-corrected chi connectivity index (χ2v) is 5.28. The molecule has 1 heterocycles. The minimum Gasteiger partial charge on any atom is -0.459 e. The predicted octanol–water partition coefficient (Wildman–Crippen LogP) is 3.95. The van der Waals surface area contributed by atoms with Crippen LogP contribution in [0.15, 0.2) is 52.9 Å². The van der Waals surface area contributed by atoms with E-state index in [-0.39, 0.29) is 6.04 Å². The van der Waals surface area contributed by atoms with E-state index in [1.807, 2.05) is 42.5 Å². The third-order valence-electron chi connectivity index (χ3n) is 3.32. The first-order valence-corrected chi connectivity index (χ1v) is 6.77. The molecule has 20 heavy (non-hydrogen) atoms. The number of aryl methyl sites for hydroxylation is 1. The fourth-order valence-corrected chi connectivity index (χ4v) is 2.55. The highest BCUT2D eigenvalue weighted by Crippen LogP contribution is 2.29. The standard InChI is InChI=1S/C16H15ClN2O/c1-10-5-6-14-12(7-10)9-15(20-14)16(19-18)11-3-2-4-13(17)8-11/h2-9,16,19H,18H2,1H3. The van der Waals surface area contributed by atoms with E-state index in [2.05, 4.69) is 18.4 Å². The third kappa shape index (κ3) is 2.43. The lowest BCUT2D eigenvalue weighted by atomic mass is 10.0. The van der Waals surface area contributed by atoms with Crippen molar-refractivity contribution in [2.75, 3.05) is 0 Å². The van der Waals surface area contributed by atoms with Crippen LogP contribution >= 0.6 is 11.6 Å². The molecule has 3 nitrogen and oxygen atoms in total. The lowest BCUT2D eigenvalue weighted by Crippen LogP contribution is -2.28. The molecule has 4 heteroatoms. The van der Waals surface area contributed by atoms with Gasteiger partial charge in [0.15, 0.2) is 0 Å². The number of hydrogen-bond acceptors (Lipinski definition) is 3. The van der Waals surface area contributed by atoms with Crippen LogP contribution in [-0.2, 0) is 0 Å². The van der Waals surface area contributed by atoms with Gasteiger partial charge in [-0.3, -0.25) is 5.84 Å². The molecule has 0 aliphatic carbocycles. The summed E-state index contributed by atoms with van der Waals surface area (Å²) in [4.78, 5) is 0. The number of rotatable bonds is 3. The molecule has 3 rings (SSSR count). The van der Waals surface area contributed by atoms with Crippen molar-refractivity contribution < 1.29 is 4.42 Å². The predicted molar refractivity (Wildman–Crippen MR) is 81.6 cm³/mol. The van der Waals surface area contributed by atoms with Crippen molar-refractivity contribution in [3.8, 4) is 0 Å². The molecule has 1 unspecified atom stereocenters. The van der Waals surface area contributed by atoms with E-state index in [4.69, 9.17) is 21.9 Å². The van der Waals surface area contributed by atoms with E-state index in [1.54, 1.807) is 0 Å². The molecule has 3 aromatic rings. The molecule has 0 spiro atoms. The summed E-state index contributed by atoms with van der Waals surface area (Å²) in [5, 5.41) is 1.75. The number of nitrogens with one attached hydrogen (secondary N) is 1. The van der Waals surface area contributed by atoms with Crippen LogP contribution in [0.2, 0.25) is 5.02 Å². The zero-order chi connectivity index (χ0) is 14.1. The van der Waals surface area contributed by atoms with Crippen LogP contribution in [0.3, 0.4) is 0 Å². The first-order chi connectivity index (χ1) is 9.67. The molecule has 0 fully saturated rings. The van der Waals surface area contributed by atoms with Crippen LogP contribution in [-0.4, -0.2) is 0 Å². The number of benzene rings is 2. The van der Waals surface area contributed by atoms with E-state index in [0.29, 0.717) is 5.02 Å². The van der Waals surface area contributed by atoms with E-state index < -0.39 is 0 Å². The molecule has 1 aromatic heterocycles. The van der Waals surface area contributed by atoms with Gasteiger partial charge in [-0.15, -0.1) is 0 Å². The highest BCUT2D eigenvalue weighted by atomic mass is 35.5. The summed E-state index contributed by atoms with van der Waals surface area (Å²) in [6, 6.07) is 15.5. The summed E-state index contributed by atoms with van der Waals surface area (Å²) >= 11 is 6.03. The van der Waals surface area contributed by atoms with Crippen molar-refractivity contribution in [3.05, 3.63) is 70.4 Å². The van der Waals surface area contributed by atoms with Gasteiger partial charge in [0.25, 0.3) is 0 Å². The van der Waals surface area contributed by atoms with Crippen LogP contribution in [0, 0.1) is 6.92 Å². The van der Waals surface area contributed by atoms with Gasteiger partial charge in [-0.2, -0.15) is 0 Å². The fourth-order valence-electron chi connectivity index (χ4n) is 2.35. The van der Waals surface area contributed by atoms with Gasteiger partial charge in [0.1, 0.15) is 17.4 Å². The number of hydrazine groups is 1. The van der Waals surface area contributed by atoms with E-state index >= 15 is 0 Å². The zero-order valence-electron chi connectivity index (χ0n) is 11.1. The zero-order valence-corrected chi connectivity index (χ0v) is 11.8. The van der Waals surface area contributed by atoms with Gasteiger partial charge in [0, 0.05) is 10.4 Å². The van der Waals surface area contributed by atoms with Gasteiger partial charge in [-0.25, -0.2) is 5.43 Å². The molecule has 0 bridgehead atoms. The van der Waals surface area contributed by atoms with Gasteiger partial charge in [0.2, 0.25) is 0 Å². The molecule has 1 atom stereocenters. The molecule has 0 amide bonds. The first-order valence-electron chi connectivity index (χ1n) is 6.39. The summed E-state index contributed by atoms with van der Waals surface area (Å²) in [6.07, 6.45) is 0. The first kappa shape index (κ1) is 13.2. The quantitative estimate of drug-likeness (QED) is 0.566. The van der Waals surface area contributed by atoms with Crippen molar-refractivity contribution in [2.45, 2.75) is 13.0 Å². The van der Waals surface area contributed by atoms with E-state index in [0.717, 1.165) is 22.3 Å². The Morgan fingerprint density at radius 1 is 1.15 bits per heavy atom. The molecule has 3 N–H and O–H groups in total. The topological polar surface area (TPSA) is 51.2 Å². The highest BCUT2D eigenvalue weighted by Gasteiger charge is 2.17. The van der Waals surface area contributed by atoms with Gasteiger partial charge in [0.05, 0.1) is 0 Å². The average Bonchev–Trinajstić information content (AvgIpc) is 2.82. The monoisotopic (exact) mass is 286 g/mol. The van der Waals surface area contributed by atoms with Crippen LogP contribution in [0.1, 0.15) is 22.9 Å². The van der Waals surface area contributed by atoms with Gasteiger partial charge < -0.3 is 4.42 Å². The maximum Gasteiger partial charge on any atom is 0.134 e. The molecule has 0 aliphatic heterocycles. The number of hydrogen-bond donors (Lipinski definition) is 2. The molecule has 0 saturated carbocycles. The lowest BCUT2D eigenvalue weighted by Gasteiger charge is -2.13. The van der Waals surface area contributed by atoms with Gasteiger partial charge in [-0.05, 0) is 42.8 Å². The smallest absolute Gasteiger partial charge is 0.134 e. The number of furan rings is 1. The Bertz CT molecular complexity index is 751. The largest absolute Gasteiger partial charge is 0.459 e. The minimum atomic E-state index is -0.221. The average molecular weight is 287 g/mol. The number of halogens is 1. The van der Waals surface area contributed by atoms with Gasteiger partial charge in [-0.1, -0.05) is 35.4 Å². The summed E-state index contributed by atoms with van der Waals surface area (Å²) in [6.45, 7) is 2.06. The Morgan fingerprint density at radius 3 is 2.75 bits per heavy atom. The molecule has 2 aromatic carbocycles. The van der Waals surface area contributed by atoms with Crippen LogP contribution in [0.5, 0.6) is 0 Å². The summed E-state index contributed by atoms with van der Waals surface area (Å²) in [5.41, 5.74) is 5.81. The Morgan fingerprint density at radius 2 is 2.00 bits per heavy atom. The van der Waals surface area contributed by atoms with Crippen molar-refractivity contribution in [1.29, 1.82) is 0 Å². The Balaban J connectivity index is 2.07. The van der Waals surface area contributed by atoms with Crippen LogP contribution in [0.25, 0.3) is 11.0 Å². The highest BCUT2D eigenvalue weighted by molar-refractivity contribution is 6.30. The van der Waals surface area contributed by atoms with Gasteiger partial charge >= 0.3 is 0 Å². The molecule has 0 radical (unpaired) electrons. The van der Waals surface area contributed by atoms with Crippen molar-refractivity contribution >= 4 is 22.6 Å². The lowest BCUT2D eigenvalue weighted by molar-refractivity contribution is 0.477. The second kappa shape index (κ2) is 5.29. The Labute approximate surface area is 122 Å². The molecule has 0 saturated heterocycles. The molecule has 102 valence electrons. The third-order valence-corrected chi connectivity index (χ3v) is 3.56. The van der Waals surface area contributed by atoms with Crippen molar-refractivity contribution in [2.24, 2.45) is 5.84 Å². The molecular formula is C16H15ClN2O.